The average molecular weight is 358 g/mol. The van der Waals surface area contributed by atoms with E-state index < -0.39 is 17.9 Å². The molecule has 114 valence electrons. The molecule has 0 heterocycles. The lowest BCUT2D eigenvalue weighted by Crippen LogP contribution is -2.40. The molecule has 1 aliphatic carbocycles. The van der Waals surface area contributed by atoms with Crippen molar-refractivity contribution >= 4 is 27.8 Å². The third-order valence-electron chi connectivity index (χ3n) is 3.51. The second-order valence-electron chi connectivity index (χ2n) is 5.16. The molecule has 1 aliphatic rings. The largest absolute Gasteiger partial charge is 0.449 e. The molecule has 1 N–H and O–H groups in total. The number of halogens is 2. The Kier molecular flexibility index (Phi) is 5.33. The number of esters is 1. The van der Waals surface area contributed by atoms with Gasteiger partial charge in [-0.1, -0.05) is 12.8 Å². The molecule has 1 amide bonds. The maximum atomic E-state index is 13.0. The minimum Gasteiger partial charge on any atom is -0.449 e. The number of hydrogen-bond donors (Lipinski definition) is 1. The fourth-order valence-corrected chi connectivity index (χ4v) is 2.83. The Hall–Kier alpha value is -1.43. The summed E-state index contributed by atoms with van der Waals surface area (Å²) >= 11 is 3.10. The summed E-state index contributed by atoms with van der Waals surface area (Å²) in [6.45, 7) is 1.53. The van der Waals surface area contributed by atoms with E-state index in [1.807, 2.05) is 0 Å². The van der Waals surface area contributed by atoms with Crippen LogP contribution in [0.3, 0.4) is 0 Å². The number of nitrogens with one attached hydrogen (secondary N) is 1. The molecule has 1 unspecified atom stereocenters. The van der Waals surface area contributed by atoms with Crippen molar-refractivity contribution in [3.8, 4) is 0 Å². The fourth-order valence-electron chi connectivity index (χ4n) is 2.32. The monoisotopic (exact) mass is 357 g/mol. The van der Waals surface area contributed by atoms with Crippen LogP contribution in [0.25, 0.3) is 0 Å². The highest BCUT2D eigenvalue weighted by Crippen LogP contribution is 2.20. The first-order valence-corrected chi connectivity index (χ1v) is 7.73. The van der Waals surface area contributed by atoms with Crippen molar-refractivity contribution < 1.29 is 18.7 Å². The fraction of sp³-hybridized carbons (Fsp3) is 0.467. The van der Waals surface area contributed by atoms with Crippen LogP contribution in [-0.2, 0) is 9.53 Å². The number of ether oxygens (including phenoxy) is 1. The lowest BCUT2D eigenvalue weighted by Gasteiger charge is -2.17. The van der Waals surface area contributed by atoms with E-state index in [4.69, 9.17) is 4.74 Å². The Labute approximate surface area is 131 Å². The Balaban J connectivity index is 1.93. The van der Waals surface area contributed by atoms with E-state index in [2.05, 4.69) is 21.2 Å². The summed E-state index contributed by atoms with van der Waals surface area (Å²) < 4.78 is 18.4. The second-order valence-corrected chi connectivity index (χ2v) is 6.02. The molecular weight excluding hydrogens is 341 g/mol. The lowest BCUT2D eigenvalue weighted by atomic mass is 10.2. The van der Waals surface area contributed by atoms with Crippen LogP contribution in [-0.4, -0.2) is 24.0 Å². The Morgan fingerprint density at radius 3 is 2.67 bits per heavy atom. The van der Waals surface area contributed by atoms with Crippen LogP contribution in [0.2, 0.25) is 0 Å². The summed E-state index contributed by atoms with van der Waals surface area (Å²) in [7, 11) is 0. The van der Waals surface area contributed by atoms with Crippen LogP contribution >= 0.6 is 15.9 Å². The molecule has 21 heavy (non-hydrogen) atoms. The predicted molar refractivity (Wildman–Crippen MR) is 79.4 cm³/mol. The molecule has 1 saturated carbocycles. The topological polar surface area (TPSA) is 55.4 Å². The first-order valence-electron chi connectivity index (χ1n) is 6.94. The lowest BCUT2D eigenvalue weighted by molar-refractivity contribution is -0.129. The maximum Gasteiger partial charge on any atom is 0.340 e. The highest BCUT2D eigenvalue weighted by Gasteiger charge is 2.24. The number of rotatable bonds is 4. The number of benzene rings is 1. The van der Waals surface area contributed by atoms with Gasteiger partial charge in [-0.25, -0.2) is 9.18 Å². The molecule has 0 spiro atoms. The van der Waals surface area contributed by atoms with Crippen molar-refractivity contribution in [3.63, 3.8) is 0 Å². The van der Waals surface area contributed by atoms with Gasteiger partial charge >= 0.3 is 5.97 Å². The Bertz CT molecular complexity index is 544. The molecule has 0 radical (unpaired) electrons. The zero-order valence-corrected chi connectivity index (χ0v) is 13.3. The molecule has 6 heteroatoms. The molecule has 0 aromatic heterocycles. The van der Waals surface area contributed by atoms with Crippen molar-refractivity contribution in [2.75, 3.05) is 0 Å². The first-order chi connectivity index (χ1) is 9.97. The van der Waals surface area contributed by atoms with Gasteiger partial charge < -0.3 is 10.1 Å². The summed E-state index contributed by atoms with van der Waals surface area (Å²) in [6.07, 6.45) is 3.28. The first kappa shape index (κ1) is 15.9. The predicted octanol–water partition coefficient (Wildman–Crippen LogP) is 3.19. The zero-order valence-electron chi connectivity index (χ0n) is 11.7. The summed E-state index contributed by atoms with van der Waals surface area (Å²) in [5.41, 5.74) is 0.192. The van der Waals surface area contributed by atoms with Gasteiger partial charge in [-0.3, -0.25) is 4.79 Å². The van der Waals surface area contributed by atoms with Crippen LogP contribution < -0.4 is 5.32 Å². The minimum absolute atomic E-state index is 0.177. The van der Waals surface area contributed by atoms with Gasteiger partial charge in [-0.05, 0) is 53.9 Å². The van der Waals surface area contributed by atoms with Gasteiger partial charge in [0.05, 0.1) is 5.56 Å². The van der Waals surface area contributed by atoms with Gasteiger partial charge in [0, 0.05) is 10.5 Å². The summed E-state index contributed by atoms with van der Waals surface area (Å²) in [5.74, 6) is -1.41. The quantitative estimate of drug-likeness (QED) is 0.841. The molecule has 2 rings (SSSR count). The van der Waals surface area contributed by atoms with E-state index >= 15 is 0 Å². The molecule has 4 nitrogen and oxygen atoms in total. The molecule has 0 bridgehead atoms. The van der Waals surface area contributed by atoms with Gasteiger partial charge in [-0.2, -0.15) is 0 Å². The summed E-state index contributed by atoms with van der Waals surface area (Å²) in [5, 5.41) is 2.87. The van der Waals surface area contributed by atoms with Gasteiger partial charge in [0.1, 0.15) is 5.82 Å². The smallest absolute Gasteiger partial charge is 0.340 e. The van der Waals surface area contributed by atoms with Gasteiger partial charge in [0.25, 0.3) is 5.91 Å². The van der Waals surface area contributed by atoms with E-state index in [0.717, 1.165) is 25.7 Å². The highest BCUT2D eigenvalue weighted by atomic mass is 79.9. The molecule has 1 aromatic carbocycles. The number of carbonyl (C=O) groups excluding carboxylic acids is 2. The van der Waals surface area contributed by atoms with Crippen molar-refractivity contribution in [3.05, 3.63) is 34.1 Å². The Morgan fingerprint density at radius 1 is 1.38 bits per heavy atom. The summed E-state index contributed by atoms with van der Waals surface area (Å²) in [4.78, 5) is 23.9. The molecule has 1 atom stereocenters. The van der Waals surface area contributed by atoms with E-state index in [9.17, 15) is 14.0 Å². The van der Waals surface area contributed by atoms with Gasteiger partial charge in [0.15, 0.2) is 6.10 Å². The van der Waals surface area contributed by atoms with Crippen molar-refractivity contribution in [1.29, 1.82) is 0 Å². The van der Waals surface area contributed by atoms with Crippen molar-refractivity contribution in [1.82, 2.24) is 5.32 Å². The molecule has 0 saturated heterocycles. The van der Waals surface area contributed by atoms with Gasteiger partial charge in [-0.15, -0.1) is 0 Å². The third-order valence-corrected chi connectivity index (χ3v) is 4.16. The number of carbonyl (C=O) groups is 2. The van der Waals surface area contributed by atoms with Crippen molar-refractivity contribution in [2.45, 2.75) is 44.8 Å². The van der Waals surface area contributed by atoms with Crippen LogP contribution in [0.4, 0.5) is 4.39 Å². The maximum absolute atomic E-state index is 13.0. The van der Waals surface area contributed by atoms with Crippen LogP contribution in [0.1, 0.15) is 43.0 Å². The van der Waals surface area contributed by atoms with Gasteiger partial charge in [0.2, 0.25) is 0 Å². The normalized spacial score (nSPS) is 16.5. The SMILES string of the molecule is CC(OC(=O)c1ccc(F)cc1Br)C(=O)NC1CCCC1. The number of hydrogen-bond acceptors (Lipinski definition) is 3. The van der Waals surface area contributed by atoms with E-state index in [1.54, 1.807) is 0 Å². The molecule has 0 aliphatic heterocycles. The summed E-state index contributed by atoms with van der Waals surface area (Å²) in [6, 6.07) is 3.85. The van der Waals surface area contributed by atoms with Crippen LogP contribution in [0, 0.1) is 5.82 Å². The van der Waals surface area contributed by atoms with Crippen molar-refractivity contribution in [2.24, 2.45) is 0 Å². The third kappa shape index (κ3) is 4.27. The molecular formula is C15H17BrFNO3. The Morgan fingerprint density at radius 2 is 2.05 bits per heavy atom. The van der Waals surface area contributed by atoms with E-state index in [1.165, 1.54) is 25.1 Å². The zero-order chi connectivity index (χ0) is 15.4. The standard InChI is InChI=1S/C15H17BrFNO3/c1-9(14(19)18-11-4-2-3-5-11)21-15(20)12-7-6-10(17)8-13(12)16/h6-9,11H,2-5H2,1H3,(H,18,19). The van der Waals surface area contributed by atoms with E-state index in [0.29, 0.717) is 4.47 Å². The van der Waals surface area contributed by atoms with Crippen LogP contribution in [0.15, 0.2) is 22.7 Å². The average Bonchev–Trinajstić information content (AvgIpc) is 2.91. The molecule has 1 fully saturated rings. The highest BCUT2D eigenvalue weighted by molar-refractivity contribution is 9.10. The number of amides is 1. The minimum atomic E-state index is -0.880. The van der Waals surface area contributed by atoms with Crippen LogP contribution in [0.5, 0.6) is 0 Å². The molecule has 1 aromatic rings. The van der Waals surface area contributed by atoms with E-state index in [-0.39, 0.29) is 17.5 Å². The second kappa shape index (κ2) is 7.02.